The highest BCUT2D eigenvalue weighted by atomic mass is 19.4. The van der Waals surface area contributed by atoms with Gasteiger partial charge in [0.25, 0.3) is 0 Å². The molecule has 0 aliphatic rings. The molecule has 3 nitrogen and oxygen atoms in total. The number of hydrogen-bond donors (Lipinski definition) is 1. The Bertz CT molecular complexity index is 394. The molecule has 0 fully saturated rings. The Morgan fingerprint density at radius 2 is 0.708 bits per heavy atom. The fraction of sp³-hybridized carbons (Fsp3) is 1.00. The minimum Gasteiger partial charge on any atom is -0.381 e. The molecule has 0 aromatic rings. The minimum atomic E-state index is -7.26. The smallest absolute Gasteiger partial charge is 0.381 e. The first-order chi connectivity index (χ1) is 10.1. The van der Waals surface area contributed by atoms with Crippen LogP contribution >= 0.6 is 0 Å². The lowest BCUT2D eigenvalue weighted by Gasteiger charge is -2.39. The maximum absolute atomic E-state index is 13.3. The molecule has 0 spiro atoms. The third-order valence-electron chi connectivity index (χ3n) is 2.00. The number of hydrogen-bond acceptors (Lipinski definition) is 3. The van der Waals surface area contributed by atoms with Gasteiger partial charge in [-0.1, -0.05) is 0 Å². The number of ether oxygens (including phenoxy) is 2. The zero-order valence-corrected chi connectivity index (χ0v) is 10.1. The molecule has 2 unspecified atom stereocenters. The summed E-state index contributed by atoms with van der Waals surface area (Å²) in [5.41, 5.74) is 0. The van der Waals surface area contributed by atoms with Gasteiger partial charge < -0.3 is 5.11 Å². The van der Waals surface area contributed by atoms with E-state index in [0.29, 0.717) is 0 Å². The summed E-state index contributed by atoms with van der Waals surface area (Å²) in [6.45, 7) is 0. The molecule has 1 N–H and O–H groups in total. The Hall–Kier alpha value is -1.10. The van der Waals surface area contributed by atoms with Crippen LogP contribution in [0.3, 0.4) is 0 Å². The van der Waals surface area contributed by atoms with E-state index >= 15 is 0 Å². The van der Waals surface area contributed by atoms with Crippen molar-refractivity contribution in [1.82, 2.24) is 0 Å². The van der Waals surface area contributed by atoms with Gasteiger partial charge in [-0.2, -0.15) is 35.1 Å². The molecule has 0 rings (SSSR count). The predicted molar refractivity (Wildman–Crippen MR) is 40.1 cm³/mol. The van der Waals surface area contributed by atoms with Crippen LogP contribution in [0.25, 0.3) is 0 Å². The van der Waals surface area contributed by atoms with Crippen molar-refractivity contribution in [2.24, 2.45) is 0 Å². The lowest BCUT2D eigenvalue weighted by Crippen LogP contribution is -2.68. The van der Waals surface area contributed by atoms with Crippen LogP contribution in [0.15, 0.2) is 0 Å². The SMILES string of the molecule is OC(C(F)(OC(F)(F)F)C(F)(F)F)C(F)(OC(F)(F)F)C(F)(F)F. The van der Waals surface area contributed by atoms with E-state index in [-0.39, 0.29) is 0 Å². The third-order valence-corrected chi connectivity index (χ3v) is 2.00. The largest absolute Gasteiger partial charge is 0.525 e. The van der Waals surface area contributed by atoms with E-state index in [1.807, 2.05) is 0 Å². The average molecular weight is 400 g/mol. The van der Waals surface area contributed by atoms with Crippen molar-refractivity contribution < 1.29 is 76.0 Å². The Labute approximate surface area is 120 Å². The first-order valence-corrected chi connectivity index (χ1v) is 4.80. The van der Waals surface area contributed by atoms with Gasteiger partial charge in [0.2, 0.25) is 0 Å². The lowest BCUT2D eigenvalue weighted by molar-refractivity contribution is -0.516. The van der Waals surface area contributed by atoms with Crippen molar-refractivity contribution in [3.8, 4) is 0 Å². The van der Waals surface area contributed by atoms with E-state index in [2.05, 4.69) is 0 Å². The van der Waals surface area contributed by atoms with Crippen molar-refractivity contribution in [2.75, 3.05) is 0 Å². The normalized spacial score (nSPS) is 21.1. The van der Waals surface area contributed by atoms with Gasteiger partial charge in [0, 0.05) is 0 Å². The third kappa shape index (κ3) is 4.95. The van der Waals surface area contributed by atoms with Crippen LogP contribution in [0.4, 0.5) is 61.5 Å². The number of aliphatic hydroxyl groups excluding tert-OH is 1. The number of alkyl halides is 14. The van der Waals surface area contributed by atoms with Crippen molar-refractivity contribution in [1.29, 1.82) is 0 Å². The first kappa shape index (κ1) is 22.9. The summed E-state index contributed by atoms with van der Waals surface area (Å²) in [7, 11) is 0. The Morgan fingerprint density at radius 1 is 0.500 bits per heavy atom. The van der Waals surface area contributed by atoms with Gasteiger partial charge in [-0.3, -0.25) is 0 Å². The molecule has 0 saturated heterocycles. The first-order valence-electron chi connectivity index (χ1n) is 4.80. The molecule has 0 heterocycles. The van der Waals surface area contributed by atoms with Gasteiger partial charge in [0.1, 0.15) is 0 Å². The van der Waals surface area contributed by atoms with Crippen LogP contribution in [0.1, 0.15) is 0 Å². The summed E-state index contributed by atoms with van der Waals surface area (Å²) >= 11 is 0. The summed E-state index contributed by atoms with van der Waals surface area (Å²) in [5, 5.41) is 8.45. The van der Waals surface area contributed by atoms with E-state index < -0.39 is 42.9 Å². The Morgan fingerprint density at radius 3 is 0.833 bits per heavy atom. The average Bonchev–Trinajstić information content (AvgIpc) is 2.19. The molecule has 0 bridgehead atoms. The van der Waals surface area contributed by atoms with Crippen LogP contribution in [-0.2, 0) is 9.47 Å². The molecular weight excluding hydrogens is 398 g/mol. The summed E-state index contributed by atoms with van der Waals surface area (Å²) in [5.74, 6) is -14.0. The zero-order chi connectivity index (χ0) is 20.0. The van der Waals surface area contributed by atoms with E-state index in [4.69, 9.17) is 5.11 Å². The number of aliphatic hydroxyl groups is 1. The minimum absolute atomic E-state index is 1.58. The van der Waals surface area contributed by atoms with Crippen molar-refractivity contribution in [3.05, 3.63) is 0 Å². The standard InChI is InChI=1S/C7H2F14O3/c8-2(4(10,11)12,23-6(16,17)18)1(22)3(9,5(13,14)15)24-7(19,20)21/h1,22H. The van der Waals surface area contributed by atoms with E-state index in [9.17, 15) is 61.5 Å². The van der Waals surface area contributed by atoms with Crippen molar-refractivity contribution >= 4 is 0 Å². The van der Waals surface area contributed by atoms with Gasteiger partial charge in [-0.25, -0.2) is 9.47 Å². The van der Waals surface area contributed by atoms with Crippen molar-refractivity contribution in [3.63, 3.8) is 0 Å². The zero-order valence-electron chi connectivity index (χ0n) is 10.1. The molecule has 0 aliphatic carbocycles. The second-order valence-corrected chi connectivity index (χ2v) is 3.78. The van der Waals surface area contributed by atoms with Gasteiger partial charge in [0.05, 0.1) is 0 Å². The summed E-state index contributed by atoms with van der Waals surface area (Å²) < 4.78 is 173. The van der Waals surface area contributed by atoms with E-state index in [1.54, 1.807) is 9.47 Å². The lowest BCUT2D eigenvalue weighted by atomic mass is 10.0. The van der Waals surface area contributed by atoms with Crippen LogP contribution < -0.4 is 0 Å². The van der Waals surface area contributed by atoms with E-state index in [1.165, 1.54) is 0 Å². The molecular formula is C7H2F14O3. The Balaban J connectivity index is 6.27. The predicted octanol–water partition coefficient (Wildman–Crippen LogP) is 3.88. The molecule has 0 amide bonds. The topological polar surface area (TPSA) is 38.7 Å². The highest BCUT2D eigenvalue weighted by molar-refractivity contribution is 4.99. The molecule has 0 radical (unpaired) electrons. The maximum atomic E-state index is 13.3. The molecule has 17 heteroatoms. The van der Waals surface area contributed by atoms with Crippen molar-refractivity contribution in [2.45, 2.75) is 42.9 Å². The summed E-state index contributed by atoms with van der Waals surface area (Å²) in [4.78, 5) is 0. The molecule has 0 aromatic heterocycles. The van der Waals surface area contributed by atoms with Crippen LogP contribution in [0.5, 0.6) is 0 Å². The number of halogens is 14. The van der Waals surface area contributed by atoms with Gasteiger partial charge in [-0.15, -0.1) is 26.3 Å². The highest BCUT2D eigenvalue weighted by Crippen LogP contribution is 2.51. The van der Waals surface area contributed by atoms with Crippen LogP contribution in [0, 0.1) is 0 Å². The fourth-order valence-corrected chi connectivity index (χ4v) is 1.11. The highest BCUT2D eigenvalue weighted by Gasteiger charge is 2.79. The van der Waals surface area contributed by atoms with Gasteiger partial charge >= 0.3 is 36.8 Å². The summed E-state index contributed by atoms with van der Waals surface area (Å²) in [6.07, 6.45) is -33.9. The summed E-state index contributed by atoms with van der Waals surface area (Å²) in [6, 6.07) is 0. The molecule has 0 aliphatic heterocycles. The molecule has 146 valence electrons. The fourth-order valence-electron chi connectivity index (χ4n) is 1.11. The molecule has 0 aromatic carbocycles. The maximum Gasteiger partial charge on any atom is 0.525 e. The molecule has 2 atom stereocenters. The van der Waals surface area contributed by atoms with Gasteiger partial charge in [-0.05, 0) is 0 Å². The van der Waals surface area contributed by atoms with Crippen LogP contribution in [0.2, 0.25) is 0 Å². The molecule has 24 heavy (non-hydrogen) atoms. The van der Waals surface area contributed by atoms with E-state index in [0.717, 1.165) is 0 Å². The molecule has 0 saturated carbocycles. The van der Waals surface area contributed by atoms with Crippen LogP contribution in [-0.4, -0.2) is 48.0 Å². The number of rotatable bonds is 4. The monoisotopic (exact) mass is 400 g/mol. The quantitative estimate of drug-likeness (QED) is 0.729. The van der Waals surface area contributed by atoms with Gasteiger partial charge in [0.15, 0.2) is 6.10 Å². The second-order valence-electron chi connectivity index (χ2n) is 3.78. The Kier molecular flexibility index (Phi) is 5.73. The second kappa shape index (κ2) is 6.01.